The Morgan fingerprint density at radius 1 is 1.48 bits per heavy atom. The molecular formula is C12H13N5O4. The molecule has 110 valence electrons. The fraction of sp³-hybridized carbons (Fsp3) is 0.417. The summed E-state index contributed by atoms with van der Waals surface area (Å²) in [6, 6.07) is 0. The average molecular weight is 291 g/mol. The molecule has 1 saturated heterocycles. The molecule has 0 bridgehead atoms. The molecule has 9 nitrogen and oxygen atoms in total. The first-order valence-electron chi connectivity index (χ1n) is 6.32. The highest BCUT2D eigenvalue weighted by Gasteiger charge is 2.44. The van der Waals surface area contributed by atoms with Crippen LogP contribution in [0.4, 0.5) is 0 Å². The number of carboxylic acid groups (broad SMARTS) is 1. The molecule has 1 atom stereocenters. The molecule has 0 aromatic carbocycles. The third-order valence-corrected chi connectivity index (χ3v) is 3.57. The number of hydrogen-bond acceptors (Lipinski definition) is 6. The summed E-state index contributed by atoms with van der Waals surface area (Å²) in [5.41, 5.74) is -0.601. The number of amides is 1. The Balaban J connectivity index is 1.93. The highest BCUT2D eigenvalue weighted by Crippen LogP contribution is 2.20. The second-order valence-corrected chi connectivity index (χ2v) is 4.87. The summed E-state index contributed by atoms with van der Waals surface area (Å²) in [6.07, 6.45) is 2.92. The van der Waals surface area contributed by atoms with Gasteiger partial charge in [-0.15, -0.1) is 0 Å². The molecule has 2 aromatic rings. The molecule has 9 heteroatoms. The van der Waals surface area contributed by atoms with Crippen molar-refractivity contribution in [1.82, 2.24) is 24.9 Å². The van der Waals surface area contributed by atoms with E-state index in [4.69, 9.17) is 4.74 Å². The highest BCUT2D eigenvalue weighted by atomic mass is 16.5. The minimum Gasteiger partial charge on any atom is -0.479 e. The SMILES string of the molecule is Cc1c(C(=O)NC2(C(=O)O)CCOC2)cnc2ncnn12. The number of aryl methyl sites for hydroxylation is 1. The van der Waals surface area contributed by atoms with Gasteiger partial charge in [-0.1, -0.05) is 0 Å². The van der Waals surface area contributed by atoms with E-state index in [2.05, 4.69) is 20.4 Å². The number of hydrogen-bond donors (Lipinski definition) is 2. The number of carboxylic acids is 1. The van der Waals surface area contributed by atoms with Crippen LogP contribution in [-0.4, -0.2) is 55.3 Å². The Morgan fingerprint density at radius 3 is 2.95 bits per heavy atom. The molecule has 0 radical (unpaired) electrons. The van der Waals surface area contributed by atoms with Gasteiger partial charge in [-0.2, -0.15) is 10.1 Å². The number of aromatic nitrogens is 4. The Bertz CT molecular complexity index is 720. The van der Waals surface area contributed by atoms with E-state index in [1.54, 1.807) is 6.92 Å². The van der Waals surface area contributed by atoms with Gasteiger partial charge in [0.15, 0.2) is 5.54 Å². The molecule has 2 aromatic heterocycles. The Morgan fingerprint density at radius 2 is 2.29 bits per heavy atom. The third kappa shape index (κ3) is 2.11. The average Bonchev–Trinajstić information content (AvgIpc) is 3.08. The van der Waals surface area contributed by atoms with Gasteiger partial charge in [0.05, 0.1) is 17.9 Å². The van der Waals surface area contributed by atoms with Crippen molar-refractivity contribution in [2.24, 2.45) is 0 Å². The van der Waals surface area contributed by atoms with Crippen LogP contribution < -0.4 is 5.32 Å². The number of carbonyl (C=O) groups excluding carboxylic acids is 1. The van der Waals surface area contributed by atoms with Crippen LogP contribution in [0.3, 0.4) is 0 Å². The first-order valence-corrected chi connectivity index (χ1v) is 6.32. The van der Waals surface area contributed by atoms with E-state index in [1.807, 2.05) is 0 Å². The summed E-state index contributed by atoms with van der Waals surface area (Å²) in [4.78, 5) is 31.7. The van der Waals surface area contributed by atoms with Gasteiger partial charge in [-0.25, -0.2) is 14.3 Å². The van der Waals surface area contributed by atoms with Crippen molar-refractivity contribution >= 4 is 17.7 Å². The maximum Gasteiger partial charge on any atom is 0.331 e. The molecule has 0 saturated carbocycles. The number of carbonyl (C=O) groups is 2. The predicted octanol–water partition coefficient (Wildman–Crippen LogP) is -0.594. The second kappa shape index (κ2) is 4.77. The molecule has 21 heavy (non-hydrogen) atoms. The molecule has 3 rings (SSSR count). The van der Waals surface area contributed by atoms with E-state index in [-0.39, 0.29) is 18.6 Å². The summed E-state index contributed by atoms with van der Waals surface area (Å²) in [5.74, 6) is -1.26. The first kappa shape index (κ1) is 13.4. The van der Waals surface area contributed by atoms with Crippen LogP contribution in [0.5, 0.6) is 0 Å². The molecule has 1 amide bonds. The van der Waals surface area contributed by atoms with Crippen LogP contribution in [0, 0.1) is 6.92 Å². The number of nitrogens with one attached hydrogen (secondary N) is 1. The number of ether oxygens (including phenoxy) is 1. The topological polar surface area (TPSA) is 119 Å². The van der Waals surface area contributed by atoms with Crippen molar-refractivity contribution in [1.29, 1.82) is 0 Å². The normalized spacial score (nSPS) is 21.6. The zero-order chi connectivity index (χ0) is 15.0. The zero-order valence-electron chi connectivity index (χ0n) is 11.2. The minimum atomic E-state index is -1.39. The lowest BCUT2D eigenvalue weighted by Gasteiger charge is -2.23. The van der Waals surface area contributed by atoms with Crippen LogP contribution >= 0.6 is 0 Å². The third-order valence-electron chi connectivity index (χ3n) is 3.57. The lowest BCUT2D eigenvalue weighted by atomic mass is 9.98. The second-order valence-electron chi connectivity index (χ2n) is 4.87. The fourth-order valence-corrected chi connectivity index (χ4v) is 2.28. The Kier molecular flexibility index (Phi) is 3.05. The van der Waals surface area contributed by atoms with Gasteiger partial charge in [0.25, 0.3) is 11.7 Å². The summed E-state index contributed by atoms with van der Waals surface area (Å²) < 4.78 is 6.53. The highest BCUT2D eigenvalue weighted by molar-refractivity contribution is 5.98. The fourth-order valence-electron chi connectivity index (χ4n) is 2.28. The lowest BCUT2D eigenvalue weighted by Crippen LogP contribution is -2.55. The van der Waals surface area contributed by atoms with Crippen LogP contribution in [0.2, 0.25) is 0 Å². The molecule has 0 aliphatic carbocycles. The summed E-state index contributed by atoms with van der Waals surface area (Å²) in [5, 5.41) is 15.8. The van der Waals surface area contributed by atoms with Gasteiger partial charge in [-0.3, -0.25) is 4.79 Å². The maximum absolute atomic E-state index is 12.4. The van der Waals surface area contributed by atoms with Gasteiger partial charge >= 0.3 is 5.97 Å². The Hall–Kier alpha value is -2.55. The van der Waals surface area contributed by atoms with Crippen LogP contribution in [0.1, 0.15) is 22.5 Å². The van der Waals surface area contributed by atoms with E-state index >= 15 is 0 Å². The van der Waals surface area contributed by atoms with Crippen molar-refractivity contribution in [3.63, 3.8) is 0 Å². The van der Waals surface area contributed by atoms with Gasteiger partial charge in [0.2, 0.25) is 0 Å². The number of rotatable bonds is 3. The van der Waals surface area contributed by atoms with Crippen molar-refractivity contribution in [2.75, 3.05) is 13.2 Å². The molecule has 3 heterocycles. The number of fused-ring (bicyclic) bond motifs is 1. The number of aliphatic carboxylic acids is 1. The van der Waals surface area contributed by atoms with Crippen LogP contribution in [0.25, 0.3) is 5.78 Å². The predicted molar refractivity (Wildman–Crippen MR) is 68.8 cm³/mol. The molecule has 1 aliphatic rings. The summed E-state index contributed by atoms with van der Waals surface area (Å²) >= 11 is 0. The van der Waals surface area contributed by atoms with Crippen molar-refractivity contribution in [3.05, 3.63) is 23.8 Å². The van der Waals surface area contributed by atoms with E-state index in [1.165, 1.54) is 17.0 Å². The van der Waals surface area contributed by atoms with Gasteiger partial charge in [0.1, 0.15) is 6.33 Å². The lowest BCUT2D eigenvalue weighted by molar-refractivity contribution is -0.144. The van der Waals surface area contributed by atoms with Crippen LogP contribution in [-0.2, 0) is 9.53 Å². The van der Waals surface area contributed by atoms with Gasteiger partial charge < -0.3 is 15.2 Å². The largest absolute Gasteiger partial charge is 0.479 e. The van der Waals surface area contributed by atoms with Crippen molar-refractivity contribution in [3.8, 4) is 0 Å². The molecule has 1 aliphatic heterocycles. The van der Waals surface area contributed by atoms with Gasteiger partial charge in [-0.05, 0) is 6.92 Å². The first-order chi connectivity index (χ1) is 10.0. The van der Waals surface area contributed by atoms with Crippen molar-refractivity contribution in [2.45, 2.75) is 18.9 Å². The van der Waals surface area contributed by atoms with E-state index in [0.29, 0.717) is 18.1 Å². The standard InChI is InChI=1S/C12H13N5O4/c1-7-8(4-13-11-14-6-15-17(7)11)9(18)16-12(10(19)20)2-3-21-5-12/h4,6H,2-3,5H2,1H3,(H,16,18)(H,19,20). The quantitative estimate of drug-likeness (QED) is 0.775. The maximum atomic E-state index is 12.4. The van der Waals surface area contributed by atoms with Gasteiger partial charge in [0, 0.05) is 19.2 Å². The van der Waals surface area contributed by atoms with Crippen molar-refractivity contribution < 1.29 is 19.4 Å². The molecule has 1 fully saturated rings. The Labute approximate surface area is 119 Å². The van der Waals surface area contributed by atoms with E-state index in [9.17, 15) is 14.7 Å². The minimum absolute atomic E-state index is 0.0495. The monoisotopic (exact) mass is 291 g/mol. The molecule has 1 unspecified atom stereocenters. The summed E-state index contributed by atoms with van der Waals surface area (Å²) in [6.45, 7) is 1.94. The zero-order valence-corrected chi connectivity index (χ0v) is 11.2. The molecule has 0 spiro atoms. The van der Waals surface area contributed by atoms with E-state index < -0.39 is 17.4 Å². The smallest absolute Gasteiger partial charge is 0.331 e. The van der Waals surface area contributed by atoms with E-state index in [0.717, 1.165) is 0 Å². The molecular weight excluding hydrogens is 278 g/mol. The summed E-state index contributed by atoms with van der Waals surface area (Å²) in [7, 11) is 0. The molecule has 2 N–H and O–H groups in total. The van der Waals surface area contributed by atoms with Crippen LogP contribution in [0.15, 0.2) is 12.5 Å². The number of nitrogens with zero attached hydrogens (tertiary/aromatic N) is 4.